The van der Waals surface area contributed by atoms with Crippen molar-refractivity contribution in [3.8, 4) is 0 Å². The quantitative estimate of drug-likeness (QED) is 0.710. The van der Waals surface area contributed by atoms with Gasteiger partial charge in [-0.15, -0.1) is 0 Å². The number of amides is 1. The molecule has 0 aliphatic carbocycles. The Morgan fingerprint density at radius 3 is 3.05 bits per heavy atom. The van der Waals surface area contributed by atoms with Gasteiger partial charge >= 0.3 is 0 Å². The Morgan fingerprint density at radius 2 is 2.37 bits per heavy atom. The Balaban J connectivity index is 2.23. The molecule has 5 heteroatoms. The van der Waals surface area contributed by atoms with E-state index in [2.05, 4.69) is 5.32 Å². The van der Waals surface area contributed by atoms with Crippen molar-refractivity contribution in [2.45, 2.75) is 25.9 Å². The van der Waals surface area contributed by atoms with Crippen LogP contribution in [0.15, 0.2) is 18.2 Å². The van der Waals surface area contributed by atoms with Crippen LogP contribution in [0.3, 0.4) is 0 Å². The van der Waals surface area contributed by atoms with E-state index in [1.807, 2.05) is 11.8 Å². The normalized spacial score (nSPS) is 19.3. The average Bonchev–Trinajstić information content (AvgIpc) is 2.39. The highest BCUT2D eigenvalue weighted by Gasteiger charge is 2.20. The van der Waals surface area contributed by atoms with Crippen molar-refractivity contribution in [3.63, 3.8) is 0 Å². The second-order valence-corrected chi connectivity index (χ2v) is 4.88. The average molecular weight is 263 g/mol. The van der Waals surface area contributed by atoms with Crippen LogP contribution in [0.25, 0.3) is 0 Å². The lowest BCUT2D eigenvalue weighted by Gasteiger charge is -2.33. The zero-order chi connectivity index (χ0) is 13.8. The molecule has 0 radical (unpaired) electrons. The predicted octanol–water partition coefficient (Wildman–Crippen LogP) is 0.980. The van der Waals surface area contributed by atoms with Crippen molar-refractivity contribution in [2.24, 2.45) is 0 Å². The molecule has 0 aromatic heterocycles. The number of carbonyl (C=O) groups excluding carboxylic acids is 1. The lowest BCUT2D eigenvalue weighted by molar-refractivity contribution is 0.0956. The minimum atomic E-state index is -0.318. The minimum Gasteiger partial charge on any atom is -0.397 e. The maximum Gasteiger partial charge on any atom is 0.251 e. The fraction of sp³-hybridized carbons (Fsp3) is 0.500. The van der Waals surface area contributed by atoms with Crippen molar-refractivity contribution < 1.29 is 9.90 Å². The van der Waals surface area contributed by atoms with Crippen molar-refractivity contribution in [1.29, 1.82) is 0 Å². The number of aliphatic hydroxyl groups is 1. The van der Waals surface area contributed by atoms with E-state index in [9.17, 15) is 9.90 Å². The van der Waals surface area contributed by atoms with Crippen LogP contribution in [-0.4, -0.2) is 36.8 Å². The smallest absolute Gasteiger partial charge is 0.251 e. The highest BCUT2D eigenvalue weighted by molar-refractivity contribution is 5.96. The fourth-order valence-corrected chi connectivity index (χ4v) is 2.39. The largest absolute Gasteiger partial charge is 0.397 e. The van der Waals surface area contributed by atoms with Crippen LogP contribution >= 0.6 is 0 Å². The van der Waals surface area contributed by atoms with Gasteiger partial charge in [0.15, 0.2) is 0 Å². The van der Waals surface area contributed by atoms with Gasteiger partial charge in [-0.2, -0.15) is 0 Å². The number of rotatable bonds is 3. The van der Waals surface area contributed by atoms with Crippen LogP contribution in [0.5, 0.6) is 0 Å². The summed E-state index contributed by atoms with van der Waals surface area (Å²) in [6.07, 6.45) is 1.44. The standard InChI is InChI=1S/C14H21N3O2/c1-2-16-14(19)10-5-6-12(15)13(8-10)17-7-3-4-11(18)9-17/h5-6,8,11,18H,2-4,7,9,15H2,1H3,(H,16,19). The zero-order valence-electron chi connectivity index (χ0n) is 11.2. The third kappa shape index (κ3) is 3.17. The molecule has 1 aliphatic heterocycles. The molecule has 1 heterocycles. The number of nitrogens with zero attached hydrogens (tertiary/aromatic N) is 1. The molecule has 1 atom stereocenters. The van der Waals surface area contributed by atoms with E-state index in [0.717, 1.165) is 25.1 Å². The lowest BCUT2D eigenvalue weighted by Crippen LogP contribution is -2.38. The van der Waals surface area contributed by atoms with Crippen LogP contribution in [0.1, 0.15) is 30.1 Å². The molecule has 4 N–H and O–H groups in total. The molecule has 2 rings (SSSR count). The molecule has 1 aliphatic rings. The first-order chi connectivity index (χ1) is 9.11. The minimum absolute atomic E-state index is 0.0960. The molecule has 1 amide bonds. The fourth-order valence-electron chi connectivity index (χ4n) is 2.39. The molecule has 5 nitrogen and oxygen atoms in total. The predicted molar refractivity (Wildman–Crippen MR) is 76.3 cm³/mol. The molecule has 1 unspecified atom stereocenters. The van der Waals surface area contributed by atoms with Crippen LogP contribution in [0, 0.1) is 0 Å². The number of carbonyl (C=O) groups is 1. The Labute approximate surface area is 113 Å². The maximum absolute atomic E-state index is 11.8. The van der Waals surface area contributed by atoms with Crippen molar-refractivity contribution >= 4 is 17.3 Å². The zero-order valence-corrected chi connectivity index (χ0v) is 11.2. The first-order valence-electron chi connectivity index (χ1n) is 6.72. The topological polar surface area (TPSA) is 78.6 Å². The van der Waals surface area contributed by atoms with Gasteiger partial charge in [0, 0.05) is 25.2 Å². The molecule has 0 saturated carbocycles. The number of nitrogen functional groups attached to an aromatic ring is 1. The van der Waals surface area contributed by atoms with Gasteiger partial charge in [-0.25, -0.2) is 0 Å². The lowest BCUT2D eigenvalue weighted by atomic mass is 10.1. The molecule has 1 aromatic carbocycles. The van der Waals surface area contributed by atoms with E-state index >= 15 is 0 Å². The Kier molecular flexibility index (Phi) is 4.27. The summed E-state index contributed by atoms with van der Waals surface area (Å²) in [4.78, 5) is 13.9. The number of aliphatic hydroxyl groups excluding tert-OH is 1. The SMILES string of the molecule is CCNC(=O)c1ccc(N)c(N2CCCC(O)C2)c1. The Hall–Kier alpha value is -1.75. The second kappa shape index (κ2) is 5.93. The second-order valence-electron chi connectivity index (χ2n) is 4.88. The number of hydrogen-bond acceptors (Lipinski definition) is 4. The number of anilines is 2. The van der Waals surface area contributed by atoms with E-state index in [-0.39, 0.29) is 12.0 Å². The van der Waals surface area contributed by atoms with Gasteiger partial charge in [-0.05, 0) is 38.0 Å². The van der Waals surface area contributed by atoms with E-state index in [1.165, 1.54) is 0 Å². The van der Waals surface area contributed by atoms with Gasteiger partial charge in [0.25, 0.3) is 5.91 Å². The summed E-state index contributed by atoms with van der Waals surface area (Å²) in [7, 11) is 0. The molecular formula is C14H21N3O2. The Morgan fingerprint density at radius 1 is 1.58 bits per heavy atom. The van der Waals surface area contributed by atoms with E-state index in [1.54, 1.807) is 18.2 Å². The monoisotopic (exact) mass is 263 g/mol. The van der Waals surface area contributed by atoms with E-state index in [4.69, 9.17) is 5.73 Å². The maximum atomic E-state index is 11.8. The molecule has 19 heavy (non-hydrogen) atoms. The first kappa shape index (κ1) is 13.7. The molecule has 0 bridgehead atoms. The van der Waals surface area contributed by atoms with Crippen molar-refractivity contribution in [2.75, 3.05) is 30.3 Å². The number of hydrogen-bond donors (Lipinski definition) is 3. The van der Waals surface area contributed by atoms with Gasteiger partial charge < -0.3 is 21.1 Å². The van der Waals surface area contributed by atoms with Gasteiger partial charge in [-0.3, -0.25) is 4.79 Å². The summed E-state index contributed by atoms with van der Waals surface area (Å²) < 4.78 is 0. The van der Waals surface area contributed by atoms with Gasteiger partial charge in [0.1, 0.15) is 0 Å². The summed E-state index contributed by atoms with van der Waals surface area (Å²) >= 11 is 0. The number of piperidine rings is 1. The van der Waals surface area contributed by atoms with Crippen molar-refractivity contribution in [1.82, 2.24) is 5.32 Å². The summed E-state index contributed by atoms with van der Waals surface area (Å²) in [5, 5.41) is 12.5. The van der Waals surface area contributed by atoms with Gasteiger partial charge in [-0.1, -0.05) is 0 Å². The number of benzene rings is 1. The number of nitrogens with two attached hydrogens (primary N) is 1. The summed E-state index contributed by atoms with van der Waals surface area (Å²) in [6, 6.07) is 5.28. The third-order valence-corrected chi connectivity index (χ3v) is 3.37. The molecule has 104 valence electrons. The Bertz CT molecular complexity index is 462. The molecule has 1 fully saturated rings. The van der Waals surface area contributed by atoms with Gasteiger partial charge in [0.2, 0.25) is 0 Å². The van der Waals surface area contributed by atoms with Gasteiger partial charge in [0.05, 0.1) is 17.5 Å². The highest BCUT2D eigenvalue weighted by atomic mass is 16.3. The van der Waals surface area contributed by atoms with Crippen LogP contribution in [0.2, 0.25) is 0 Å². The molecule has 0 spiro atoms. The van der Waals surface area contributed by atoms with E-state index < -0.39 is 0 Å². The summed E-state index contributed by atoms with van der Waals surface area (Å²) in [6.45, 7) is 3.92. The first-order valence-corrected chi connectivity index (χ1v) is 6.72. The molecular weight excluding hydrogens is 242 g/mol. The molecule has 1 saturated heterocycles. The summed E-state index contributed by atoms with van der Waals surface area (Å²) in [5.41, 5.74) is 8.06. The van der Waals surface area contributed by atoms with Crippen LogP contribution in [-0.2, 0) is 0 Å². The highest BCUT2D eigenvalue weighted by Crippen LogP contribution is 2.27. The summed E-state index contributed by atoms with van der Waals surface area (Å²) in [5.74, 6) is -0.0960. The molecule has 1 aromatic rings. The van der Waals surface area contributed by atoms with Crippen LogP contribution < -0.4 is 16.0 Å². The number of β-amino-alcohol motifs (C(OH)–C–C–N with tert-alkyl or cyclic N) is 1. The number of nitrogens with one attached hydrogen (secondary N) is 1. The van der Waals surface area contributed by atoms with Crippen LogP contribution in [0.4, 0.5) is 11.4 Å². The van der Waals surface area contributed by atoms with Crippen molar-refractivity contribution in [3.05, 3.63) is 23.8 Å². The third-order valence-electron chi connectivity index (χ3n) is 3.37. The van der Waals surface area contributed by atoms with E-state index in [0.29, 0.717) is 24.3 Å².